The van der Waals surface area contributed by atoms with Crippen molar-refractivity contribution in [2.24, 2.45) is 13.0 Å². The van der Waals surface area contributed by atoms with Gasteiger partial charge in [-0.05, 0) is 19.3 Å². The zero-order valence-corrected chi connectivity index (χ0v) is 12.9. The summed E-state index contributed by atoms with van der Waals surface area (Å²) in [7, 11) is 1.99. The first kappa shape index (κ1) is 14.5. The van der Waals surface area contributed by atoms with Gasteiger partial charge in [-0.2, -0.15) is 5.10 Å². The SMILES string of the molecule is CC1OCCC1CNCc1cn(C)nc1C(C)(C)C. The van der Waals surface area contributed by atoms with E-state index in [0.29, 0.717) is 12.0 Å². The normalized spacial score (nSPS) is 24.1. The summed E-state index contributed by atoms with van der Waals surface area (Å²) in [5.74, 6) is 0.648. The molecule has 2 unspecified atom stereocenters. The van der Waals surface area contributed by atoms with E-state index in [1.807, 2.05) is 11.7 Å². The fourth-order valence-electron chi connectivity index (χ4n) is 2.73. The van der Waals surface area contributed by atoms with Crippen molar-refractivity contribution in [3.8, 4) is 0 Å². The maximum Gasteiger partial charge on any atom is 0.0722 e. The molecule has 0 bridgehead atoms. The van der Waals surface area contributed by atoms with Gasteiger partial charge in [0.2, 0.25) is 0 Å². The summed E-state index contributed by atoms with van der Waals surface area (Å²) >= 11 is 0. The molecular formula is C15H27N3O. The highest BCUT2D eigenvalue weighted by atomic mass is 16.5. The molecule has 2 heterocycles. The Morgan fingerprint density at radius 2 is 2.21 bits per heavy atom. The Bertz CT molecular complexity index is 420. The highest BCUT2D eigenvalue weighted by molar-refractivity contribution is 5.23. The third kappa shape index (κ3) is 3.57. The van der Waals surface area contributed by atoms with Crippen molar-refractivity contribution in [3.05, 3.63) is 17.5 Å². The van der Waals surface area contributed by atoms with Gasteiger partial charge in [-0.25, -0.2) is 0 Å². The van der Waals surface area contributed by atoms with Crippen LogP contribution in [0.2, 0.25) is 0 Å². The largest absolute Gasteiger partial charge is 0.378 e. The second kappa shape index (κ2) is 5.63. The van der Waals surface area contributed by atoms with Crippen LogP contribution < -0.4 is 5.32 Å². The number of ether oxygens (including phenoxy) is 1. The number of hydrogen-bond donors (Lipinski definition) is 1. The van der Waals surface area contributed by atoms with E-state index < -0.39 is 0 Å². The Hall–Kier alpha value is -0.870. The van der Waals surface area contributed by atoms with Crippen molar-refractivity contribution in [1.29, 1.82) is 0 Å². The summed E-state index contributed by atoms with van der Waals surface area (Å²) < 4.78 is 7.51. The topological polar surface area (TPSA) is 39.1 Å². The second-order valence-electron chi connectivity index (χ2n) is 6.68. The molecule has 1 aliphatic rings. The van der Waals surface area contributed by atoms with Crippen LogP contribution in [0.3, 0.4) is 0 Å². The quantitative estimate of drug-likeness (QED) is 0.907. The van der Waals surface area contributed by atoms with E-state index >= 15 is 0 Å². The molecule has 1 N–H and O–H groups in total. The van der Waals surface area contributed by atoms with Crippen molar-refractivity contribution in [2.75, 3.05) is 13.2 Å². The molecule has 0 aromatic carbocycles. The first-order valence-electron chi connectivity index (χ1n) is 7.23. The van der Waals surface area contributed by atoms with Gasteiger partial charge >= 0.3 is 0 Å². The van der Waals surface area contributed by atoms with Crippen molar-refractivity contribution in [1.82, 2.24) is 15.1 Å². The van der Waals surface area contributed by atoms with E-state index in [1.54, 1.807) is 0 Å². The van der Waals surface area contributed by atoms with Gasteiger partial charge in [0, 0.05) is 43.9 Å². The number of nitrogens with zero attached hydrogens (tertiary/aromatic N) is 2. The van der Waals surface area contributed by atoms with Gasteiger partial charge in [0.1, 0.15) is 0 Å². The molecular weight excluding hydrogens is 238 g/mol. The molecule has 108 valence electrons. The molecule has 0 spiro atoms. The maximum atomic E-state index is 5.59. The summed E-state index contributed by atoms with van der Waals surface area (Å²) in [4.78, 5) is 0. The molecule has 19 heavy (non-hydrogen) atoms. The van der Waals surface area contributed by atoms with E-state index in [1.165, 1.54) is 17.7 Å². The zero-order chi connectivity index (χ0) is 14.0. The van der Waals surface area contributed by atoms with Gasteiger partial charge in [-0.3, -0.25) is 4.68 Å². The number of hydrogen-bond acceptors (Lipinski definition) is 3. The zero-order valence-electron chi connectivity index (χ0n) is 12.9. The van der Waals surface area contributed by atoms with E-state index in [-0.39, 0.29) is 5.41 Å². The van der Waals surface area contributed by atoms with Crippen LogP contribution >= 0.6 is 0 Å². The Kier molecular flexibility index (Phi) is 4.31. The molecule has 1 fully saturated rings. The summed E-state index contributed by atoms with van der Waals surface area (Å²) in [6.07, 6.45) is 3.69. The Morgan fingerprint density at radius 1 is 1.47 bits per heavy atom. The fourth-order valence-corrected chi connectivity index (χ4v) is 2.73. The van der Waals surface area contributed by atoms with Crippen molar-refractivity contribution < 1.29 is 4.74 Å². The van der Waals surface area contributed by atoms with Crippen LogP contribution in [0.5, 0.6) is 0 Å². The standard InChI is InChI=1S/C15H27N3O/c1-11-12(6-7-19-11)8-16-9-13-10-18(5)17-14(13)15(2,3)4/h10-12,16H,6-9H2,1-5H3. The highest BCUT2D eigenvalue weighted by Gasteiger charge is 2.25. The average Bonchev–Trinajstić information content (AvgIpc) is 2.85. The minimum Gasteiger partial charge on any atom is -0.378 e. The molecule has 2 rings (SSSR count). The van der Waals surface area contributed by atoms with E-state index in [9.17, 15) is 0 Å². The van der Waals surface area contributed by atoms with Crippen LogP contribution in [0.1, 0.15) is 45.4 Å². The van der Waals surface area contributed by atoms with E-state index in [2.05, 4.69) is 44.3 Å². The number of nitrogens with one attached hydrogen (secondary N) is 1. The lowest BCUT2D eigenvalue weighted by Gasteiger charge is -2.19. The molecule has 1 aromatic rings. The van der Waals surface area contributed by atoms with Crippen LogP contribution in [0.25, 0.3) is 0 Å². The van der Waals surface area contributed by atoms with Crippen LogP contribution in [0.15, 0.2) is 6.20 Å². The third-order valence-corrected chi connectivity index (χ3v) is 3.87. The molecule has 4 nitrogen and oxygen atoms in total. The predicted molar refractivity (Wildman–Crippen MR) is 77.1 cm³/mol. The van der Waals surface area contributed by atoms with Gasteiger partial charge in [0.15, 0.2) is 0 Å². The smallest absolute Gasteiger partial charge is 0.0722 e. The molecule has 0 aliphatic carbocycles. The fraction of sp³-hybridized carbons (Fsp3) is 0.800. The van der Waals surface area contributed by atoms with Crippen molar-refractivity contribution in [2.45, 2.75) is 52.2 Å². The maximum absolute atomic E-state index is 5.59. The minimum absolute atomic E-state index is 0.0992. The monoisotopic (exact) mass is 265 g/mol. The molecule has 0 radical (unpaired) electrons. The molecule has 1 aliphatic heterocycles. The minimum atomic E-state index is 0.0992. The van der Waals surface area contributed by atoms with Crippen LogP contribution in [0, 0.1) is 5.92 Å². The van der Waals surface area contributed by atoms with Gasteiger partial charge < -0.3 is 10.1 Å². The Morgan fingerprint density at radius 3 is 2.79 bits per heavy atom. The average molecular weight is 265 g/mol. The highest BCUT2D eigenvalue weighted by Crippen LogP contribution is 2.24. The molecule has 0 saturated carbocycles. The van der Waals surface area contributed by atoms with Crippen LogP contribution in [0.4, 0.5) is 0 Å². The van der Waals surface area contributed by atoms with E-state index in [4.69, 9.17) is 4.74 Å². The predicted octanol–water partition coefficient (Wildman–Crippen LogP) is 2.23. The number of aryl methyl sites for hydroxylation is 1. The van der Waals surface area contributed by atoms with Crippen molar-refractivity contribution in [3.63, 3.8) is 0 Å². The van der Waals surface area contributed by atoms with Crippen LogP contribution in [-0.2, 0) is 23.7 Å². The Balaban J connectivity index is 1.92. The lowest BCUT2D eigenvalue weighted by molar-refractivity contribution is 0.105. The molecule has 4 heteroatoms. The van der Waals surface area contributed by atoms with E-state index in [0.717, 1.165) is 19.7 Å². The first-order chi connectivity index (χ1) is 8.88. The molecule has 1 saturated heterocycles. The number of aromatic nitrogens is 2. The summed E-state index contributed by atoms with van der Waals surface area (Å²) in [6.45, 7) is 11.6. The van der Waals surface area contributed by atoms with Gasteiger partial charge in [0.05, 0.1) is 11.8 Å². The lowest BCUT2D eigenvalue weighted by atomic mass is 9.89. The second-order valence-corrected chi connectivity index (χ2v) is 6.68. The molecule has 0 amide bonds. The van der Waals surface area contributed by atoms with Gasteiger partial charge in [0.25, 0.3) is 0 Å². The van der Waals surface area contributed by atoms with Gasteiger partial charge in [-0.15, -0.1) is 0 Å². The summed E-state index contributed by atoms with van der Waals surface area (Å²) in [5, 5.41) is 8.17. The molecule has 2 atom stereocenters. The Labute approximate surface area is 116 Å². The first-order valence-corrected chi connectivity index (χ1v) is 7.23. The number of rotatable bonds is 4. The summed E-state index contributed by atoms with van der Waals surface area (Å²) in [6, 6.07) is 0. The van der Waals surface area contributed by atoms with Gasteiger partial charge in [-0.1, -0.05) is 20.8 Å². The third-order valence-electron chi connectivity index (χ3n) is 3.87. The van der Waals surface area contributed by atoms with Crippen LogP contribution in [-0.4, -0.2) is 29.0 Å². The molecule has 1 aromatic heterocycles. The summed E-state index contributed by atoms with van der Waals surface area (Å²) in [5.41, 5.74) is 2.60. The van der Waals surface area contributed by atoms with Crippen molar-refractivity contribution >= 4 is 0 Å². The lowest BCUT2D eigenvalue weighted by Crippen LogP contribution is -2.27.